The van der Waals surface area contributed by atoms with Crippen LogP contribution in [0.3, 0.4) is 0 Å². The van der Waals surface area contributed by atoms with Crippen LogP contribution in [0.15, 0.2) is 42.5 Å². The number of alkyl halides is 6. The van der Waals surface area contributed by atoms with Gasteiger partial charge in [-0.2, -0.15) is 26.3 Å². The van der Waals surface area contributed by atoms with E-state index in [9.17, 15) is 31.4 Å². The van der Waals surface area contributed by atoms with Crippen molar-refractivity contribution in [3.63, 3.8) is 0 Å². The molecule has 186 valence electrons. The van der Waals surface area contributed by atoms with E-state index in [-0.39, 0.29) is 23.9 Å². The molecule has 2 aromatic rings. The highest BCUT2D eigenvalue weighted by Gasteiger charge is 2.57. The number of hydrogen-bond donors (Lipinski definition) is 1. The number of ether oxygens (including phenoxy) is 1. The van der Waals surface area contributed by atoms with Gasteiger partial charge < -0.3 is 19.2 Å². The predicted molar refractivity (Wildman–Crippen MR) is 114 cm³/mol. The zero-order valence-corrected chi connectivity index (χ0v) is 19.3. The van der Waals surface area contributed by atoms with Gasteiger partial charge in [-0.3, -0.25) is 0 Å². The molecule has 1 fully saturated rings. The Morgan fingerprint density at radius 2 is 1.38 bits per heavy atom. The second-order valence-corrected chi connectivity index (χ2v) is 9.06. The molecule has 0 aliphatic carbocycles. The molecule has 0 saturated carbocycles. The maximum atomic E-state index is 14.2. The van der Waals surface area contributed by atoms with Crippen molar-refractivity contribution in [1.29, 1.82) is 0 Å². The van der Waals surface area contributed by atoms with Gasteiger partial charge in [0, 0.05) is 11.0 Å². The summed E-state index contributed by atoms with van der Waals surface area (Å²) >= 11 is 0. The van der Waals surface area contributed by atoms with Gasteiger partial charge >= 0.3 is 19.5 Å². The van der Waals surface area contributed by atoms with E-state index in [0.717, 1.165) is 24.3 Å². The van der Waals surface area contributed by atoms with E-state index in [1.807, 2.05) is 0 Å². The van der Waals surface area contributed by atoms with Crippen LogP contribution in [0.5, 0.6) is 5.75 Å². The van der Waals surface area contributed by atoms with E-state index >= 15 is 0 Å². The molecule has 4 nitrogen and oxygen atoms in total. The molecular weight excluding hydrogens is 465 g/mol. The van der Waals surface area contributed by atoms with Crippen LogP contribution < -0.4 is 10.2 Å². The summed E-state index contributed by atoms with van der Waals surface area (Å²) in [5.41, 5.74) is -7.89. The summed E-state index contributed by atoms with van der Waals surface area (Å²) in [6.45, 7) is 8.90. The monoisotopic (exact) mass is 490 g/mol. The van der Waals surface area contributed by atoms with Crippen molar-refractivity contribution in [2.75, 3.05) is 6.61 Å². The highest BCUT2D eigenvalue weighted by Crippen LogP contribution is 2.46. The van der Waals surface area contributed by atoms with Gasteiger partial charge in [0.1, 0.15) is 5.75 Å². The Labute approximate surface area is 194 Å². The molecule has 1 unspecified atom stereocenters. The first-order chi connectivity index (χ1) is 15.4. The van der Waals surface area contributed by atoms with Gasteiger partial charge in [-0.25, -0.2) is 0 Å². The molecule has 0 bridgehead atoms. The molecule has 2 aromatic carbocycles. The van der Waals surface area contributed by atoms with Gasteiger partial charge in [0.05, 0.1) is 23.4 Å². The molecule has 1 saturated heterocycles. The SMILES string of the molecule is CCOc1cc(C(O)(c2cccc(C(F)(F)F)c2)C(F)(F)F)ccc1B1OC(C)(C)C(C)(C)O1. The largest absolute Gasteiger partial charge is 0.498 e. The Kier molecular flexibility index (Phi) is 6.56. The van der Waals surface area contributed by atoms with Gasteiger partial charge in [0.2, 0.25) is 5.60 Å². The third-order valence-corrected chi connectivity index (χ3v) is 6.26. The van der Waals surface area contributed by atoms with E-state index in [1.54, 1.807) is 34.6 Å². The van der Waals surface area contributed by atoms with Crippen LogP contribution in [0.1, 0.15) is 51.3 Å². The fourth-order valence-electron chi connectivity index (χ4n) is 3.62. The summed E-state index contributed by atoms with van der Waals surface area (Å²) < 4.78 is 99.5. The summed E-state index contributed by atoms with van der Waals surface area (Å²) in [5, 5.41) is 10.9. The third kappa shape index (κ3) is 4.53. The Hall–Kier alpha value is -2.24. The van der Waals surface area contributed by atoms with Crippen LogP contribution in [0.25, 0.3) is 0 Å². The van der Waals surface area contributed by atoms with Gasteiger partial charge in [-0.15, -0.1) is 0 Å². The van der Waals surface area contributed by atoms with Gasteiger partial charge in [-0.05, 0) is 58.4 Å². The highest BCUT2D eigenvalue weighted by atomic mass is 19.4. The van der Waals surface area contributed by atoms with E-state index < -0.39 is 53.0 Å². The molecule has 0 spiro atoms. The summed E-state index contributed by atoms with van der Waals surface area (Å²) in [7, 11) is -0.965. The smallest absolute Gasteiger partial charge is 0.494 e. The zero-order valence-electron chi connectivity index (χ0n) is 19.3. The molecule has 1 aliphatic rings. The predicted octanol–water partition coefficient (Wildman–Crippen LogP) is 5.20. The topological polar surface area (TPSA) is 47.9 Å². The fourth-order valence-corrected chi connectivity index (χ4v) is 3.62. The van der Waals surface area contributed by atoms with Gasteiger partial charge in [-0.1, -0.05) is 24.3 Å². The molecule has 1 atom stereocenters. The lowest BCUT2D eigenvalue weighted by atomic mass is 9.76. The average Bonchev–Trinajstić information content (AvgIpc) is 2.93. The number of halogens is 6. The standard InChI is InChI=1S/C23H25BF6O4/c1-6-32-18-13-15(10-11-17(18)24-33-19(2,3)20(4,5)34-24)21(31,23(28,29)30)14-8-7-9-16(12-14)22(25,26)27/h7-13,31H,6H2,1-5H3. The minimum absolute atomic E-state index is 0.0480. The first-order valence-corrected chi connectivity index (χ1v) is 10.5. The van der Waals surface area contributed by atoms with Crippen molar-refractivity contribution in [2.24, 2.45) is 0 Å². The zero-order chi connectivity index (χ0) is 25.7. The summed E-state index contributed by atoms with van der Waals surface area (Å²) in [6, 6.07) is 5.73. The van der Waals surface area contributed by atoms with Crippen molar-refractivity contribution in [1.82, 2.24) is 0 Å². The maximum Gasteiger partial charge on any atom is 0.498 e. The van der Waals surface area contributed by atoms with Crippen molar-refractivity contribution < 1.29 is 45.5 Å². The first kappa shape index (κ1) is 26.4. The Morgan fingerprint density at radius 3 is 1.88 bits per heavy atom. The minimum Gasteiger partial charge on any atom is -0.494 e. The first-order valence-electron chi connectivity index (χ1n) is 10.5. The van der Waals surface area contributed by atoms with Crippen LogP contribution >= 0.6 is 0 Å². The van der Waals surface area contributed by atoms with Crippen LogP contribution in [0.2, 0.25) is 0 Å². The van der Waals surface area contributed by atoms with Gasteiger partial charge in [0.25, 0.3) is 0 Å². The van der Waals surface area contributed by atoms with Crippen LogP contribution in [0, 0.1) is 0 Å². The van der Waals surface area contributed by atoms with Gasteiger partial charge in [0.15, 0.2) is 0 Å². The molecule has 34 heavy (non-hydrogen) atoms. The molecule has 1 N–H and O–H groups in total. The Bertz CT molecular complexity index is 1030. The van der Waals surface area contributed by atoms with E-state index in [4.69, 9.17) is 14.0 Å². The molecule has 0 aromatic heterocycles. The average molecular weight is 490 g/mol. The number of rotatable bonds is 5. The molecule has 3 rings (SSSR count). The molecule has 11 heteroatoms. The van der Waals surface area contributed by atoms with Crippen molar-refractivity contribution >= 4 is 12.6 Å². The normalized spacial score (nSPS) is 19.7. The highest BCUT2D eigenvalue weighted by molar-refractivity contribution is 6.63. The van der Waals surface area contributed by atoms with Crippen LogP contribution in [-0.2, 0) is 21.1 Å². The quantitative estimate of drug-likeness (QED) is 0.463. The fraction of sp³-hybridized carbons (Fsp3) is 0.478. The maximum absolute atomic E-state index is 14.2. The van der Waals surface area contributed by atoms with Crippen molar-refractivity contribution in [3.05, 3.63) is 59.2 Å². The third-order valence-electron chi connectivity index (χ3n) is 6.26. The van der Waals surface area contributed by atoms with Crippen molar-refractivity contribution in [2.45, 2.75) is 63.8 Å². The Balaban J connectivity index is 2.15. The molecule has 0 amide bonds. The molecule has 1 heterocycles. The van der Waals surface area contributed by atoms with Crippen LogP contribution in [-0.4, -0.2) is 36.2 Å². The molecule has 0 radical (unpaired) electrons. The van der Waals surface area contributed by atoms with Crippen LogP contribution in [0.4, 0.5) is 26.3 Å². The summed E-state index contributed by atoms with van der Waals surface area (Å²) in [4.78, 5) is 0. The lowest BCUT2D eigenvalue weighted by Gasteiger charge is -2.32. The molecular formula is C23H25BF6O4. The Morgan fingerprint density at radius 1 is 0.853 bits per heavy atom. The van der Waals surface area contributed by atoms with E-state index in [0.29, 0.717) is 6.07 Å². The lowest BCUT2D eigenvalue weighted by molar-refractivity contribution is -0.248. The second kappa shape index (κ2) is 8.46. The lowest BCUT2D eigenvalue weighted by Crippen LogP contribution is -2.44. The summed E-state index contributed by atoms with van der Waals surface area (Å²) in [6.07, 6.45) is -10.2. The summed E-state index contributed by atoms with van der Waals surface area (Å²) in [5.74, 6) is -0.0480. The second-order valence-electron chi connectivity index (χ2n) is 9.06. The van der Waals surface area contributed by atoms with Crippen molar-refractivity contribution in [3.8, 4) is 5.75 Å². The van der Waals surface area contributed by atoms with E-state index in [1.165, 1.54) is 6.07 Å². The van der Waals surface area contributed by atoms with E-state index in [2.05, 4.69) is 0 Å². The molecule has 1 aliphatic heterocycles. The minimum atomic E-state index is -5.34. The number of benzene rings is 2. The number of hydrogen-bond acceptors (Lipinski definition) is 4. The number of aliphatic hydroxyl groups is 1.